The molecule has 0 N–H and O–H groups in total. The molecule has 2 aromatic heterocycles. The van der Waals surface area contributed by atoms with Crippen LogP contribution in [0.25, 0.3) is 0 Å². The van der Waals surface area contributed by atoms with Crippen molar-refractivity contribution in [2.45, 2.75) is 19.4 Å². The van der Waals surface area contributed by atoms with Crippen molar-refractivity contribution in [2.75, 3.05) is 20.3 Å². The molecule has 1 aliphatic heterocycles. The molecule has 2 aromatic rings. The second-order valence-corrected chi connectivity index (χ2v) is 5.46. The lowest BCUT2D eigenvalue weighted by molar-refractivity contribution is 0.0646. The molecular weight excluding hydrogens is 270 g/mol. The van der Waals surface area contributed by atoms with Crippen LogP contribution < -0.4 is 0 Å². The Morgan fingerprint density at radius 3 is 3.00 bits per heavy atom. The van der Waals surface area contributed by atoms with Gasteiger partial charge in [0.25, 0.3) is 5.91 Å². The Morgan fingerprint density at radius 2 is 2.33 bits per heavy atom. The summed E-state index contributed by atoms with van der Waals surface area (Å²) in [5.41, 5.74) is 2.10. The fraction of sp³-hybridized carbons (Fsp3) is 0.467. The van der Waals surface area contributed by atoms with Crippen molar-refractivity contribution in [1.82, 2.24) is 14.7 Å². The van der Waals surface area contributed by atoms with Gasteiger partial charge in [-0.3, -0.25) is 9.48 Å². The second-order valence-electron chi connectivity index (χ2n) is 5.46. The standard InChI is InChI=1S/C15H19N3O3/c1-10-4-5-13(21-10)15(19)18-7-11-6-17(2)16-14(11)12(8-18)9-20-3/h4-6,12H,7-9H2,1-3H3/t12-/m1/s1. The van der Waals surface area contributed by atoms with Crippen LogP contribution in [0.1, 0.15) is 33.5 Å². The molecule has 3 heterocycles. The number of furan rings is 1. The summed E-state index contributed by atoms with van der Waals surface area (Å²) in [6, 6.07) is 3.53. The van der Waals surface area contributed by atoms with Crippen LogP contribution in [0.15, 0.2) is 22.7 Å². The highest BCUT2D eigenvalue weighted by Crippen LogP contribution is 2.28. The molecule has 0 aromatic carbocycles. The Kier molecular flexibility index (Phi) is 3.55. The molecule has 21 heavy (non-hydrogen) atoms. The fourth-order valence-corrected chi connectivity index (χ4v) is 2.84. The number of carbonyl (C=O) groups excluding carboxylic acids is 1. The van der Waals surface area contributed by atoms with E-state index < -0.39 is 0 Å². The van der Waals surface area contributed by atoms with E-state index in [2.05, 4.69) is 5.10 Å². The highest BCUT2D eigenvalue weighted by atomic mass is 16.5. The first-order chi connectivity index (χ1) is 10.1. The molecule has 1 aliphatic rings. The number of hydrogen-bond acceptors (Lipinski definition) is 4. The van der Waals surface area contributed by atoms with Gasteiger partial charge in [0, 0.05) is 44.9 Å². The van der Waals surface area contributed by atoms with Gasteiger partial charge in [-0.25, -0.2) is 0 Å². The molecule has 0 radical (unpaired) electrons. The Balaban J connectivity index is 1.87. The Hall–Kier alpha value is -2.08. The number of hydrogen-bond donors (Lipinski definition) is 0. The molecule has 112 valence electrons. The minimum absolute atomic E-state index is 0.0845. The predicted octanol–water partition coefficient (Wildman–Crippen LogP) is 1.71. The summed E-state index contributed by atoms with van der Waals surface area (Å²) in [4.78, 5) is 14.3. The van der Waals surface area contributed by atoms with E-state index >= 15 is 0 Å². The third kappa shape index (κ3) is 2.58. The average Bonchev–Trinajstić information content (AvgIpc) is 3.03. The van der Waals surface area contributed by atoms with Gasteiger partial charge >= 0.3 is 0 Å². The lowest BCUT2D eigenvalue weighted by Gasteiger charge is -2.31. The minimum atomic E-state index is -0.0845. The lowest BCUT2D eigenvalue weighted by atomic mass is 9.97. The Bertz CT molecular complexity index is 659. The molecule has 0 saturated carbocycles. The number of fused-ring (bicyclic) bond motifs is 1. The molecule has 6 nitrogen and oxygen atoms in total. The molecule has 0 unspecified atom stereocenters. The maximum Gasteiger partial charge on any atom is 0.289 e. The van der Waals surface area contributed by atoms with Crippen molar-refractivity contribution in [3.8, 4) is 0 Å². The zero-order chi connectivity index (χ0) is 15.0. The minimum Gasteiger partial charge on any atom is -0.456 e. The van der Waals surface area contributed by atoms with Gasteiger partial charge in [-0.2, -0.15) is 5.10 Å². The highest BCUT2D eigenvalue weighted by molar-refractivity contribution is 5.91. The summed E-state index contributed by atoms with van der Waals surface area (Å²) in [6.07, 6.45) is 1.96. The Labute approximate surface area is 123 Å². The third-order valence-corrected chi connectivity index (χ3v) is 3.73. The summed E-state index contributed by atoms with van der Waals surface area (Å²) in [6.45, 7) is 3.53. The van der Waals surface area contributed by atoms with E-state index in [1.807, 2.05) is 20.2 Å². The maximum absolute atomic E-state index is 12.5. The van der Waals surface area contributed by atoms with Crippen molar-refractivity contribution in [3.63, 3.8) is 0 Å². The number of rotatable bonds is 3. The van der Waals surface area contributed by atoms with Crippen LogP contribution in [0.5, 0.6) is 0 Å². The van der Waals surface area contributed by atoms with Crippen molar-refractivity contribution in [1.29, 1.82) is 0 Å². The van der Waals surface area contributed by atoms with Crippen molar-refractivity contribution in [3.05, 3.63) is 41.1 Å². The van der Waals surface area contributed by atoms with Crippen molar-refractivity contribution in [2.24, 2.45) is 7.05 Å². The number of methoxy groups -OCH3 is 1. The van der Waals surface area contributed by atoms with Gasteiger partial charge in [-0.1, -0.05) is 0 Å². The molecule has 0 aliphatic carbocycles. The number of aromatic nitrogens is 2. The van der Waals surface area contributed by atoms with E-state index in [1.54, 1.807) is 28.8 Å². The molecule has 0 spiro atoms. The predicted molar refractivity (Wildman–Crippen MR) is 76.0 cm³/mol. The van der Waals surface area contributed by atoms with Gasteiger partial charge in [0.05, 0.1) is 12.3 Å². The molecular formula is C15H19N3O3. The van der Waals surface area contributed by atoms with E-state index in [4.69, 9.17) is 9.15 Å². The first kappa shape index (κ1) is 13.9. The van der Waals surface area contributed by atoms with E-state index in [0.717, 1.165) is 17.0 Å². The zero-order valence-electron chi connectivity index (χ0n) is 12.5. The molecule has 1 amide bonds. The highest BCUT2D eigenvalue weighted by Gasteiger charge is 2.32. The molecule has 1 atom stereocenters. The number of amides is 1. The number of carbonyl (C=O) groups is 1. The van der Waals surface area contributed by atoms with Gasteiger partial charge in [0.15, 0.2) is 5.76 Å². The van der Waals surface area contributed by atoms with Gasteiger partial charge in [-0.15, -0.1) is 0 Å². The summed E-state index contributed by atoms with van der Waals surface area (Å²) >= 11 is 0. The van der Waals surface area contributed by atoms with E-state index in [1.165, 1.54) is 0 Å². The van der Waals surface area contributed by atoms with Crippen LogP contribution >= 0.6 is 0 Å². The van der Waals surface area contributed by atoms with Gasteiger partial charge < -0.3 is 14.1 Å². The van der Waals surface area contributed by atoms with Gasteiger partial charge in [0.1, 0.15) is 5.76 Å². The summed E-state index contributed by atoms with van der Waals surface area (Å²) in [5.74, 6) is 1.14. The molecule has 0 bridgehead atoms. The zero-order valence-corrected chi connectivity index (χ0v) is 12.5. The van der Waals surface area contributed by atoms with Crippen LogP contribution in [-0.2, 0) is 18.3 Å². The quantitative estimate of drug-likeness (QED) is 0.863. The van der Waals surface area contributed by atoms with Crippen LogP contribution in [0, 0.1) is 6.92 Å². The number of nitrogens with zero attached hydrogens (tertiary/aromatic N) is 3. The first-order valence-electron chi connectivity index (χ1n) is 6.95. The van der Waals surface area contributed by atoms with Crippen LogP contribution in [0.2, 0.25) is 0 Å². The molecule has 6 heteroatoms. The van der Waals surface area contributed by atoms with E-state index in [0.29, 0.717) is 25.5 Å². The number of ether oxygens (including phenoxy) is 1. The van der Waals surface area contributed by atoms with Crippen molar-refractivity contribution >= 4 is 5.91 Å². The number of aryl methyl sites for hydroxylation is 2. The average molecular weight is 289 g/mol. The second kappa shape index (κ2) is 5.37. The van der Waals surface area contributed by atoms with Crippen molar-refractivity contribution < 1.29 is 13.9 Å². The largest absolute Gasteiger partial charge is 0.456 e. The van der Waals surface area contributed by atoms with Gasteiger partial charge in [-0.05, 0) is 19.1 Å². The topological polar surface area (TPSA) is 60.5 Å². The van der Waals surface area contributed by atoms with Gasteiger partial charge in [0.2, 0.25) is 0 Å². The lowest BCUT2D eigenvalue weighted by Crippen LogP contribution is -2.39. The fourth-order valence-electron chi connectivity index (χ4n) is 2.84. The van der Waals surface area contributed by atoms with E-state index in [9.17, 15) is 4.79 Å². The third-order valence-electron chi connectivity index (χ3n) is 3.73. The van der Waals surface area contributed by atoms with Crippen LogP contribution in [-0.4, -0.2) is 40.8 Å². The molecule has 0 fully saturated rings. The molecule has 3 rings (SSSR count). The normalized spacial score (nSPS) is 17.9. The Morgan fingerprint density at radius 1 is 1.52 bits per heavy atom. The summed E-state index contributed by atoms with van der Waals surface area (Å²) < 4.78 is 12.5. The first-order valence-corrected chi connectivity index (χ1v) is 6.95. The van der Waals surface area contributed by atoms with E-state index in [-0.39, 0.29) is 11.8 Å². The monoisotopic (exact) mass is 289 g/mol. The SMILES string of the molecule is COC[C@H]1CN(C(=O)c2ccc(C)o2)Cc2cn(C)nc21. The maximum atomic E-state index is 12.5. The summed E-state index contributed by atoms with van der Waals surface area (Å²) in [5, 5.41) is 4.50. The molecule has 0 saturated heterocycles. The smallest absolute Gasteiger partial charge is 0.289 e. The van der Waals surface area contributed by atoms with Crippen LogP contribution in [0.3, 0.4) is 0 Å². The van der Waals surface area contributed by atoms with Crippen LogP contribution in [0.4, 0.5) is 0 Å². The summed E-state index contributed by atoms with van der Waals surface area (Å²) in [7, 11) is 3.56.